The number of pyridine rings is 1. The van der Waals surface area contributed by atoms with Gasteiger partial charge >= 0.3 is 6.03 Å². The van der Waals surface area contributed by atoms with E-state index >= 15 is 0 Å². The van der Waals surface area contributed by atoms with Gasteiger partial charge in [0, 0.05) is 31.2 Å². The standard InChI is InChI=1S/C24H24F2N8O2/c1-33(2)23(36)30-17-7-15(9-27-10-17)14-3-5-19-18(8-14)21(32-31-19)22(35)29-16-4-6-20(28-11-16)34-12-24(25,26)13-34/h3-10,16H,11-13H2,1-2H3,(H,29,35)(H,30,36)(H,31,32). The van der Waals surface area contributed by atoms with Crippen LogP contribution in [0.1, 0.15) is 10.5 Å². The van der Waals surface area contributed by atoms with Gasteiger partial charge in [0.2, 0.25) is 0 Å². The predicted octanol–water partition coefficient (Wildman–Crippen LogP) is 2.74. The number of alkyl halides is 2. The Morgan fingerprint density at radius 1 is 1.17 bits per heavy atom. The second kappa shape index (κ2) is 9.02. The van der Waals surface area contributed by atoms with Gasteiger partial charge in [-0.1, -0.05) is 12.1 Å². The first-order valence-electron chi connectivity index (χ1n) is 11.3. The minimum Gasteiger partial charge on any atom is -0.345 e. The SMILES string of the molecule is CN(C)C(=O)Nc1cncc(-c2ccc3[nH]nc(C(=O)NC4C=CC(N5CC(F)(F)C5)=NC4)c3c2)c1. The van der Waals surface area contributed by atoms with Crippen molar-refractivity contribution in [2.45, 2.75) is 12.0 Å². The molecule has 3 amide bonds. The number of dihydropyridines is 1. The van der Waals surface area contributed by atoms with E-state index in [0.717, 1.165) is 11.1 Å². The molecule has 5 rings (SSSR count). The summed E-state index contributed by atoms with van der Waals surface area (Å²) in [4.78, 5) is 36.4. The number of carbonyl (C=O) groups is 2. The van der Waals surface area contributed by atoms with Crippen molar-refractivity contribution < 1.29 is 18.4 Å². The Balaban J connectivity index is 1.30. The van der Waals surface area contributed by atoms with Crippen molar-refractivity contribution in [1.82, 2.24) is 30.3 Å². The van der Waals surface area contributed by atoms with Gasteiger partial charge < -0.3 is 20.4 Å². The molecule has 12 heteroatoms. The maximum Gasteiger partial charge on any atom is 0.321 e. The molecule has 2 aliphatic heterocycles. The number of amides is 3. The molecule has 10 nitrogen and oxygen atoms in total. The smallest absolute Gasteiger partial charge is 0.321 e. The minimum absolute atomic E-state index is 0.224. The molecule has 0 aliphatic carbocycles. The zero-order valence-electron chi connectivity index (χ0n) is 19.6. The number of urea groups is 1. The first kappa shape index (κ1) is 23.4. The van der Waals surface area contributed by atoms with Crippen LogP contribution >= 0.6 is 0 Å². The second-order valence-corrected chi connectivity index (χ2v) is 8.97. The van der Waals surface area contributed by atoms with E-state index in [1.54, 1.807) is 44.7 Å². The highest BCUT2D eigenvalue weighted by Gasteiger charge is 2.45. The van der Waals surface area contributed by atoms with Crippen LogP contribution in [0.4, 0.5) is 19.3 Å². The van der Waals surface area contributed by atoms with Gasteiger partial charge in [0.15, 0.2) is 5.69 Å². The molecule has 3 aromatic rings. The lowest BCUT2D eigenvalue weighted by Crippen LogP contribution is -2.58. The number of nitrogens with zero attached hydrogens (tertiary/aromatic N) is 5. The number of anilines is 1. The number of aromatic nitrogens is 3. The number of rotatable bonds is 4. The predicted molar refractivity (Wildman–Crippen MR) is 131 cm³/mol. The van der Waals surface area contributed by atoms with Gasteiger partial charge in [-0.3, -0.25) is 19.9 Å². The number of fused-ring (bicyclic) bond motifs is 1. The van der Waals surface area contributed by atoms with Crippen molar-refractivity contribution in [3.05, 3.63) is 54.5 Å². The molecular formula is C24H24F2N8O2. The monoisotopic (exact) mass is 494 g/mol. The molecule has 2 aliphatic rings. The van der Waals surface area contributed by atoms with Gasteiger partial charge in [-0.2, -0.15) is 5.10 Å². The van der Waals surface area contributed by atoms with E-state index in [1.165, 1.54) is 9.80 Å². The molecule has 2 aromatic heterocycles. The molecule has 0 spiro atoms. The topological polar surface area (TPSA) is 119 Å². The lowest BCUT2D eigenvalue weighted by molar-refractivity contribution is -0.101. The Labute approximate surface area is 205 Å². The number of H-pyrrole nitrogens is 1. The number of hydrogen-bond acceptors (Lipinski definition) is 6. The lowest BCUT2D eigenvalue weighted by atomic mass is 10.0. The Bertz CT molecular complexity index is 1390. The summed E-state index contributed by atoms with van der Waals surface area (Å²) >= 11 is 0. The fourth-order valence-corrected chi connectivity index (χ4v) is 3.99. The first-order chi connectivity index (χ1) is 17.2. The summed E-state index contributed by atoms with van der Waals surface area (Å²) in [6.07, 6.45) is 6.62. The third-order valence-corrected chi connectivity index (χ3v) is 5.92. The number of nitrogens with one attached hydrogen (secondary N) is 3. The maximum absolute atomic E-state index is 13.1. The number of aliphatic imine (C=N–C) groups is 1. The highest BCUT2D eigenvalue weighted by Crippen LogP contribution is 2.28. The molecule has 3 N–H and O–H groups in total. The van der Waals surface area contributed by atoms with E-state index in [0.29, 0.717) is 22.4 Å². The van der Waals surface area contributed by atoms with E-state index in [2.05, 4.69) is 30.8 Å². The molecule has 0 saturated carbocycles. The summed E-state index contributed by atoms with van der Waals surface area (Å²) in [7, 11) is 3.29. The van der Waals surface area contributed by atoms with E-state index in [1.807, 2.05) is 18.2 Å². The summed E-state index contributed by atoms with van der Waals surface area (Å²) in [5.74, 6) is -2.55. The summed E-state index contributed by atoms with van der Waals surface area (Å²) in [6.45, 7) is -0.422. The van der Waals surface area contributed by atoms with Gasteiger partial charge in [0.1, 0.15) is 5.84 Å². The van der Waals surface area contributed by atoms with Crippen LogP contribution < -0.4 is 10.6 Å². The van der Waals surface area contributed by atoms with Crippen molar-refractivity contribution in [1.29, 1.82) is 0 Å². The normalized spacial score (nSPS) is 18.4. The van der Waals surface area contributed by atoms with Gasteiger partial charge in [-0.25, -0.2) is 13.6 Å². The molecule has 186 valence electrons. The molecule has 36 heavy (non-hydrogen) atoms. The van der Waals surface area contributed by atoms with Crippen LogP contribution in [0.3, 0.4) is 0 Å². The molecule has 1 atom stereocenters. The van der Waals surface area contributed by atoms with Crippen molar-refractivity contribution in [3.8, 4) is 11.1 Å². The Morgan fingerprint density at radius 2 is 1.97 bits per heavy atom. The minimum atomic E-state index is -2.67. The number of amidine groups is 1. The van der Waals surface area contributed by atoms with Gasteiger partial charge in [0.05, 0.1) is 43.1 Å². The van der Waals surface area contributed by atoms with Crippen LogP contribution in [0.5, 0.6) is 0 Å². The van der Waals surface area contributed by atoms with Gasteiger partial charge in [-0.15, -0.1) is 0 Å². The summed E-state index contributed by atoms with van der Waals surface area (Å²) < 4.78 is 26.2. The number of halogens is 2. The fourth-order valence-electron chi connectivity index (χ4n) is 3.99. The number of carbonyl (C=O) groups excluding carboxylic acids is 2. The van der Waals surface area contributed by atoms with E-state index < -0.39 is 5.92 Å². The molecule has 0 bridgehead atoms. The van der Waals surface area contributed by atoms with Crippen LogP contribution in [-0.2, 0) is 0 Å². The fraction of sp³-hybridized carbons (Fsp3) is 0.292. The van der Waals surface area contributed by atoms with Crippen LogP contribution in [0.25, 0.3) is 22.0 Å². The molecule has 1 saturated heterocycles. The van der Waals surface area contributed by atoms with Crippen molar-refractivity contribution in [2.24, 2.45) is 4.99 Å². The zero-order chi connectivity index (χ0) is 25.4. The van der Waals surface area contributed by atoms with Crippen LogP contribution in [0.15, 0.2) is 53.8 Å². The molecular weight excluding hydrogens is 470 g/mol. The third kappa shape index (κ3) is 4.74. The van der Waals surface area contributed by atoms with Gasteiger partial charge in [0.25, 0.3) is 11.8 Å². The molecule has 1 fully saturated rings. The lowest BCUT2D eigenvalue weighted by Gasteiger charge is -2.40. The number of likely N-dealkylation sites (tertiary alicyclic amines) is 1. The quantitative estimate of drug-likeness (QED) is 0.516. The van der Waals surface area contributed by atoms with Crippen molar-refractivity contribution >= 4 is 34.4 Å². The van der Waals surface area contributed by atoms with Crippen LogP contribution in [0.2, 0.25) is 0 Å². The van der Waals surface area contributed by atoms with Crippen molar-refractivity contribution in [3.63, 3.8) is 0 Å². The second-order valence-electron chi connectivity index (χ2n) is 8.97. The Hall–Kier alpha value is -4.35. The highest BCUT2D eigenvalue weighted by atomic mass is 19.3. The molecule has 4 heterocycles. The van der Waals surface area contributed by atoms with E-state index in [9.17, 15) is 18.4 Å². The number of aromatic amines is 1. The average molecular weight is 495 g/mol. The molecule has 1 unspecified atom stereocenters. The van der Waals surface area contributed by atoms with Gasteiger partial charge in [-0.05, 0) is 29.8 Å². The first-order valence-corrected chi connectivity index (χ1v) is 11.3. The third-order valence-electron chi connectivity index (χ3n) is 5.92. The zero-order valence-corrected chi connectivity index (χ0v) is 19.6. The highest BCUT2D eigenvalue weighted by molar-refractivity contribution is 6.06. The number of hydrogen-bond donors (Lipinski definition) is 3. The van der Waals surface area contributed by atoms with E-state index in [-0.39, 0.29) is 43.3 Å². The molecule has 0 radical (unpaired) electrons. The summed E-state index contributed by atoms with van der Waals surface area (Å²) in [6, 6.07) is 6.68. The van der Waals surface area contributed by atoms with E-state index in [4.69, 9.17) is 0 Å². The van der Waals surface area contributed by atoms with Crippen LogP contribution in [0, 0.1) is 0 Å². The largest absolute Gasteiger partial charge is 0.345 e. The molecule has 1 aromatic carbocycles. The number of benzene rings is 1. The van der Waals surface area contributed by atoms with Crippen molar-refractivity contribution in [2.75, 3.05) is 39.0 Å². The Kier molecular flexibility index (Phi) is 5.86. The Morgan fingerprint density at radius 3 is 2.67 bits per heavy atom. The average Bonchev–Trinajstić information content (AvgIpc) is 3.26. The summed E-state index contributed by atoms with van der Waals surface area (Å²) in [5, 5.41) is 13.3. The van der Waals surface area contributed by atoms with Crippen LogP contribution in [-0.4, -0.2) is 88.4 Å². The maximum atomic E-state index is 13.1. The summed E-state index contributed by atoms with van der Waals surface area (Å²) in [5.41, 5.74) is 3.01.